The summed E-state index contributed by atoms with van der Waals surface area (Å²) in [5.74, 6) is -1.62. The molecule has 0 unspecified atom stereocenters. The zero-order valence-electron chi connectivity index (χ0n) is 17.7. The van der Waals surface area contributed by atoms with Crippen molar-refractivity contribution in [2.75, 3.05) is 10.8 Å². The average molecular weight is 564 g/mol. The fraction of sp³-hybridized carbons (Fsp3) is 0.174. The fourth-order valence-corrected chi connectivity index (χ4v) is 5.77. The maximum atomic E-state index is 14.9. The Morgan fingerprint density at radius 2 is 1.50 bits per heavy atom. The number of nitrogens with one attached hydrogen (secondary N) is 1. The van der Waals surface area contributed by atoms with Gasteiger partial charge in [-0.05, 0) is 67.4 Å². The Labute approximate surface area is 217 Å². The van der Waals surface area contributed by atoms with Crippen molar-refractivity contribution in [3.05, 3.63) is 92.1 Å². The van der Waals surface area contributed by atoms with Crippen LogP contribution in [0.1, 0.15) is 12.5 Å². The van der Waals surface area contributed by atoms with Crippen LogP contribution in [-0.2, 0) is 21.2 Å². The molecule has 0 bridgehead atoms. The molecule has 3 rings (SSSR count). The van der Waals surface area contributed by atoms with Crippen LogP contribution in [0.15, 0.2) is 65.6 Å². The van der Waals surface area contributed by atoms with E-state index in [1.54, 1.807) is 18.2 Å². The van der Waals surface area contributed by atoms with E-state index in [1.165, 1.54) is 49.4 Å². The lowest BCUT2D eigenvalue weighted by Gasteiger charge is -2.30. The monoisotopic (exact) mass is 562 g/mol. The molecule has 0 saturated carbocycles. The first-order valence-corrected chi connectivity index (χ1v) is 12.9. The van der Waals surface area contributed by atoms with Crippen molar-refractivity contribution in [3.8, 4) is 0 Å². The second-order valence-electron chi connectivity index (χ2n) is 7.24. The van der Waals surface area contributed by atoms with E-state index in [9.17, 15) is 17.6 Å². The fourth-order valence-electron chi connectivity index (χ4n) is 3.27. The lowest BCUT2D eigenvalue weighted by molar-refractivity contribution is -0.121. The summed E-state index contributed by atoms with van der Waals surface area (Å²) in [6.07, 6.45) is 0.312. The minimum absolute atomic E-state index is 0.124. The number of rotatable bonds is 8. The largest absolute Gasteiger partial charge is 0.354 e. The lowest BCUT2D eigenvalue weighted by Crippen LogP contribution is -2.49. The maximum absolute atomic E-state index is 14.9. The molecule has 1 atom stereocenters. The second kappa shape index (κ2) is 11.1. The van der Waals surface area contributed by atoms with Crippen molar-refractivity contribution in [3.63, 3.8) is 0 Å². The highest BCUT2D eigenvalue weighted by molar-refractivity contribution is 7.93. The molecule has 0 aliphatic rings. The first-order valence-electron chi connectivity index (χ1n) is 9.98. The van der Waals surface area contributed by atoms with Crippen LogP contribution in [0.25, 0.3) is 0 Å². The van der Waals surface area contributed by atoms with Gasteiger partial charge in [-0.25, -0.2) is 12.8 Å². The Morgan fingerprint density at radius 3 is 2.12 bits per heavy atom. The minimum Gasteiger partial charge on any atom is -0.354 e. The molecule has 34 heavy (non-hydrogen) atoms. The first-order chi connectivity index (χ1) is 16.0. The maximum Gasteiger partial charge on any atom is 0.265 e. The van der Waals surface area contributed by atoms with Crippen LogP contribution in [0.5, 0.6) is 0 Å². The Balaban J connectivity index is 1.92. The highest BCUT2D eigenvalue weighted by Crippen LogP contribution is 2.32. The Morgan fingerprint density at radius 1 is 0.941 bits per heavy atom. The van der Waals surface area contributed by atoms with Gasteiger partial charge in [0.05, 0.1) is 15.6 Å². The van der Waals surface area contributed by atoms with E-state index in [1.807, 2.05) is 0 Å². The summed E-state index contributed by atoms with van der Waals surface area (Å²) in [6.45, 7) is 1.48. The number of carbonyl (C=O) groups is 1. The lowest BCUT2D eigenvalue weighted by atomic mass is 10.1. The molecule has 0 heterocycles. The molecule has 3 aromatic rings. The van der Waals surface area contributed by atoms with E-state index < -0.39 is 27.8 Å². The number of hydrogen-bond acceptors (Lipinski definition) is 3. The van der Waals surface area contributed by atoms with Gasteiger partial charge < -0.3 is 5.32 Å². The molecular weight excluding hydrogens is 545 g/mol. The van der Waals surface area contributed by atoms with Gasteiger partial charge in [-0.1, -0.05) is 58.5 Å². The van der Waals surface area contributed by atoms with Crippen molar-refractivity contribution < 1.29 is 17.6 Å². The number of carbonyl (C=O) groups excluding carboxylic acids is 1. The zero-order valence-corrected chi connectivity index (χ0v) is 21.6. The van der Waals surface area contributed by atoms with Crippen molar-refractivity contribution in [1.29, 1.82) is 0 Å². The topological polar surface area (TPSA) is 66.5 Å². The van der Waals surface area contributed by atoms with Gasteiger partial charge in [-0.2, -0.15) is 0 Å². The van der Waals surface area contributed by atoms with Gasteiger partial charge in [-0.15, -0.1) is 0 Å². The Hall–Kier alpha value is -2.03. The third-order valence-corrected chi connectivity index (χ3v) is 8.16. The van der Waals surface area contributed by atoms with Crippen LogP contribution in [0.2, 0.25) is 20.1 Å². The summed E-state index contributed by atoms with van der Waals surface area (Å²) in [4.78, 5) is 12.8. The van der Waals surface area contributed by atoms with E-state index >= 15 is 0 Å². The van der Waals surface area contributed by atoms with Gasteiger partial charge in [0.15, 0.2) is 5.82 Å². The van der Waals surface area contributed by atoms with Gasteiger partial charge in [0.25, 0.3) is 10.0 Å². The van der Waals surface area contributed by atoms with Crippen LogP contribution >= 0.6 is 46.4 Å². The molecule has 11 heteroatoms. The summed E-state index contributed by atoms with van der Waals surface area (Å²) in [6, 6.07) is 13.0. The van der Waals surface area contributed by atoms with Gasteiger partial charge >= 0.3 is 0 Å². The summed E-state index contributed by atoms with van der Waals surface area (Å²) >= 11 is 24.1. The van der Waals surface area contributed by atoms with E-state index in [0.29, 0.717) is 31.4 Å². The predicted molar refractivity (Wildman–Crippen MR) is 135 cm³/mol. The predicted octanol–water partition coefficient (Wildman–Crippen LogP) is 6.38. The van der Waals surface area contributed by atoms with Crippen LogP contribution in [0.4, 0.5) is 10.1 Å². The number of amides is 1. The average Bonchev–Trinajstić information content (AvgIpc) is 2.78. The van der Waals surface area contributed by atoms with Crippen LogP contribution in [-0.4, -0.2) is 26.9 Å². The van der Waals surface area contributed by atoms with Crippen molar-refractivity contribution in [2.45, 2.75) is 24.3 Å². The summed E-state index contributed by atoms with van der Waals surface area (Å²) in [5, 5.41) is 3.60. The molecule has 3 aromatic carbocycles. The molecule has 0 aliphatic heterocycles. The van der Waals surface area contributed by atoms with Crippen molar-refractivity contribution in [2.24, 2.45) is 0 Å². The van der Waals surface area contributed by atoms with Gasteiger partial charge in [0.2, 0.25) is 5.91 Å². The van der Waals surface area contributed by atoms with Crippen LogP contribution in [0.3, 0.4) is 0 Å². The quantitative estimate of drug-likeness (QED) is 0.346. The van der Waals surface area contributed by atoms with E-state index in [4.69, 9.17) is 46.4 Å². The molecule has 5 nitrogen and oxygen atoms in total. The molecule has 0 aromatic heterocycles. The third kappa shape index (κ3) is 5.78. The van der Waals surface area contributed by atoms with Crippen LogP contribution in [0, 0.1) is 5.82 Å². The number of halogens is 5. The molecule has 180 valence electrons. The smallest absolute Gasteiger partial charge is 0.265 e. The highest BCUT2D eigenvalue weighted by atomic mass is 35.5. The number of hydrogen-bond donors (Lipinski definition) is 1. The number of nitrogens with zero attached hydrogens (tertiary/aromatic N) is 1. The standard InChI is InChI=1S/C23H19Cl4FN2O3S/c1-14(23(31)29-13-12-17-18(25)4-2-5-19(17)26)30(21-7-3-6-20(27)22(21)28)34(32,33)16-10-8-15(24)9-11-16/h2-11,14H,12-13H2,1H3,(H,29,31)/t14-/m1/s1. The van der Waals surface area contributed by atoms with E-state index in [2.05, 4.69) is 5.32 Å². The molecular formula is C23H19Cl4FN2O3S. The van der Waals surface area contributed by atoms with Gasteiger partial charge in [0.1, 0.15) is 6.04 Å². The van der Waals surface area contributed by atoms with E-state index in [0.717, 1.165) is 0 Å². The summed E-state index contributed by atoms with van der Waals surface area (Å²) in [7, 11) is -4.37. The number of sulfonamides is 1. The number of anilines is 1. The Bertz CT molecular complexity index is 1280. The second-order valence-corrected chi connectivity index (χ2v) is 10.7. The minimum atomic E-state index is -4.37. The normalized spacial score (nSPS) is 12.3. The Kier molecular flexibility index (Phi) is 8.71. The molecule has 1 N–H and O–H groups in total. The zero-order chi connectivity index (χ0) is 25.0. The number of benzene rings is 3. The molecule has 0 radical (unpaired) electrons. The molecule has 0 aliphatic carbocycles. The molecule has 0 fully saturated rings. The first kappa shape index (κ1) is 26.6. The summed E-state index contributed by atoms with van der Waals surface area (Å²) < 4.78 is 42.6. The van der Waals surface area contributed by atoms with Crippen molar-refractivity contribution >= 4 is 68.0 Å². The van der Waals surface area contributed by atoms with Gasteiger partial charge in [-0.3, -0.25) is 9.10 Å². The van der Waals surface area contributed by atoms with Gasteiger partial charge in [0, 0.05) is 21.6 Å². The van der Waals surface area contributed by atoms with E-state index in [-0.39, 0.29) is 22.2 Å². The SMILES string of the molecule is C[C@H](C(=O)NCCc1c(Cl)cccc1Cl)N(c1cccc(Cl)c1F)S(=O)(=O)c1ccc(Cl)cc1. The van der Waals surface area contributed by atoms with Crippen LogP contribution < -0.4 is 9.62 Å². The molecule has 0 saturated heterocycles. The van der Waals surface area contributed by atoms with Crippen molar-refractivity contribution in [1.82, 2.24) is 5.32 Å². The molecule has 1 amide bonds. The third-order valence-electron chi connectivity index (χ3n) is 5.01. The molecule has 0 spiro atoms. The highest BCUT2D eigenvalue weighted by Gasteiger charge is 2.35. The summed E-state index contributed by atoms with van der Waals surface area (Å²) in [5.41, 5.74) is 0.282.